The molecule has 0 aromatic rings. The minimum Gasteiger partial charge on any atom is -0.468 e. The van der Waals surface area contributed by atoms with E-state index in [2.05, 4.69) is 10.2 Å². The smallest absolute Gasteiger partial charge is 0.327 e. The van der Waals surface area contributed by atoms with Crippen molar-refractivity contribution < 1.29 is 9.53 Å². The van der Waals surface area contributed by atoms with Crippen molar-refractivity contribution >= 4 is 5.97 Å². The van der Waals surface area contributed by atoms with E-state index < -0.39 is 5.54 Å². The number of nitrogens with one attached hydrogen (secondary N) is 1. The fourth-order valence-electron chi connectivity index (χ4n) is 2.29. The Morgan fingerprint density at radius 1 is 1.41 bits per heavy atom. The van der Waals surface area contributed by atoms with Gasteiger partial charge in [0.05, 0.1) is 7.11 Å². The third kappa shape index (κ3) is 3.19. The average Bonchev–Trinajstić information content (AvgIpc) is 3.16. The summed E-state index contributed by atoms with van der Waals surface area (Å²) in [5, 5.41) is 3.12. The van der Waals surface area contributed by atoms with E-state index in [0.29, 0.717) is 6.04 Å². The number of hydrogen-bond donors (Lipinski definition) is 1. The molecule has 0 amide bonds. The third-order valence-corrected chi connectivity index (χ3v) is 3.96. The van der Waals surface area contributed by atoms with Gasteiger partial charge in [-0.1, -0.05) is 0 Å². The Bertz CT molecular complexity index is 287. The Balaban J connectivity index is 1.95. The van der Waals surface area contributed by atoms with E-state index in [0.717, 1.165) is 19.0 Å². The third-order valence-electron chi connectivity index (χ3n) is 3.96. The molecule has 0 aromatic heterocycles. The number of likely N-dealkylation sites (N-methyl/N-ethyl adjacent to an activating group) is 1. The first-order valence-electron chi connectivity index (χ1n) is 6.60. The van der Waals surface area contributed by atoms with Crippen LogP contribution in [0.15, 0.2) is 0 Å². The highest BCUT2D eigenvalue weighted by atomic mass is 16.5. The normalized spacial score (nSPS) is 23.5. The summed E-state index contributed by atoms with van der Waals surface area (Å²) in [6, 6.07) is 0.702. The summed E-state index contributed by atoms with van der Waals surface area (Å²) >= 11 is 0. The molecule has 2 saturated carbocycles. The molecular weight excluding hydrogens is 216 g/mol. The van der Waals surface area contributed by atoms with Crippen molar-refractivity contribution in [3.63, 3.8) is 0 Å². The molecule has 0 saturated heterocycles. The summed E-state index contributed by atoms with van der Waals surface area (Å²) in [5.74, 6) is 0.704. The van der Waals surface area contributed by atoms with Crippen molar-refractivity contribution in [2.75, 3.05) is 27.2 Å². The van der Waals surface area contributed by atoms with E-state index in [1.54, 1.807) is 0 Å². The first-order valence-corrected chi connectivity index (χ1v) is 6.60. The van der Waals surface area contributed by atoms with Crippen LogP contribution in [0.2, 0.25) is 0 Å². The van der Waals surface area contributed by atoms with E-state index in [1.807, 2.05) is 14.0 Å². The molecule has 0 heterocycles. The van der Waals surface area contributed by atoms with Crippen molar-refractivity contribution in [1.82, 2.24) is 10.2 Å². The highest BCUT2D eigenvalue weighted by molar-refractivity contribution is 5.80. The summed E-state index contributed by atoms with van der Waals surface area (Å²) < 4.78 is 4.90. The molecule has 1 unspecified atom stereocenters. The van der Waals surface area contributed by atoms with Crippen LogP contribution < -0.4 is 5.32 Å². The van der Waals surface area contributed by atoms with Gasteiger partial charge in [-0.25, -0.2) is 0 Å². The van der Waals surface area contributed by atoms with Gasteiger partial charge in [0.2, 0.25) is 0 Å². The highest BCUT2D eigenvalue weighted by Gasteiger charge is 2.41. The highest BCUT2D eigenvalue weighted by Crippen LogP contribution is 2.35. The summed E-state index contributed by atoms with van der Waals surface area (Å²) in [6.45, 7) is 3.84. The van der Waals surface area contributed by atoms with Gasteiger partial charge in [-0.05, 0) is 45.6 Å². The molecule has 0 aliphatic heterocycles. The van der Waals surface area contributed by atoms with Gasteiger partial charge in [-0.15, -0.1) is 0 Å². The van der Waals surface area contributed by atoms with Crippen LogP contribution >= 0.6 is 0 Å². The van der Waals surface area contributed by atoms with Gasteiger partial charge < -0.3 is 10.1 Å². The lowest BCUT2D eigenvalue weighted by Gasteiger charge is -2.33. The van der Waals surface area contributed by atoms with E-state index >= 15 is 0 Å². The second kappa shape index (κ2) is 4.94. The Hall–Kier alpha value is -0.610. The number of methoxy groups -OCH3 is 1. The Kier molecular flexibility index (Phi) is 3.73. The Morgan fingerprint density at radius 3 is 2.47 bits per heavy atom. The molecule has 2 aliphatic rings. The SMILES string of the molecule is CNC(C)(CN(CC1CC1)C1CC1)C(=O)OC. The molecule has 0 aromatic carbocycles. The molecule has 2 aliphatic carbocycles. The Labute approximate surface area is 104 Å². The maximum Gasteiger partial charge on any atom is 0.327 e. The maximum absolute atomic E-state index is 11.8. The van der Waals surface area contributed by atoms with Crippen molar-refractivity contribution in [3.8, 4) is 0 Å². The Morgan fingerprint density at radius 2 is 2.06 bits per heavy atom. The average molecular weight is 240 g/mol. The van der Waals surface area contributed by atoms with Gasteiger partial charge in [0.15, 0.2) is 0 Å². The topological polar surface area (TPSA) is 41.6 Å². The molecule has 0 bridgehead atoms. The summed E-state index contributed by atoms with van der Waals surface area (Å²) in [7, 11) is 3.29. The van der Waals surface area contributed by atoms with Crippen molar-refractivity contribution in [2.24, 2.45) is 5.92 Å². The number of hydrogen-bond acceptors (Lipinski definition) is 4. The van der Waals surface area contributed by atoms with Gasteiger partial charge >= 0.3 is 5.97 Å². The lowest BCUT2D eigenvalue weighted by Crippen LogP contribution is -2.56. The van der Waals surface area contributed by atoms with Crippen LogP contribution in [0.25, 0.3) is 0 Å². The predicted octanol–water partition coefficient (Wildman–Crippen LogP) is 1.01. The molecule has 0 spiro atoms. The molecule has 4 heteroatoms. The fourth-order valence-corrected chi connectivity index (χ4v) is 2.29. The van der Waals surface area contributed by atoms with Crippen LogP contribution in [-0.2, 0) is 9.53 Å². The zero-order valence-corrected chi connectivity index (χ0v) is 11.2. The molecule has 1 atom stereocenters. The van der Waals surface area contributed by atoms with Crippen molar-refractivity contribution in [3.05, 3.63) is 0 Å². The zero-order chi connectivity index (χ0) is 12.5. The van der Waals surface area contributed by atoms with Crippen LogP contribution in [0.4, 0.5) is 0 Å². The number of ether oxygens (including phenoxy) is 1. The van der Waals surface area contributed by atoms with Crippen LogP contribution in [0, 0.1) is 5.92 Å². The summed E-state index contributed by atoms with van der Waals surface area (Å²) in [6.07, 6.45) is 5.29. The number of carbonyl (C=O) groups is 1. The lowest BCUT2D eigenvalue weighted by atomic mass is 10.0. The van der Waals surface area contributed by atoms with E-state index in [-0.39, 0.29) is 5.97 Å². The summed E-state index contributed by atoms with van der Waals surface area (Å²) in [5.41, 5.74) is -0.577. The second-order valence-corrected chi connectivity index (χ2v) is 5.68. The van der Waals surface area contributed by atoms with Gasteiger partial charge in [0.1, 0.15) is 5.54 Å². The van der Waals surface area contributed by atoms with Gasteiger partial charge in [-0.2, -0.15) is 0 Å². The van der Waals surface area contributed by atoms with E-state index in [9.17, 15) is 4.79 Å². The molecule has 1 N–H and O–H groups in total. The molecule has 4 nitrogen and oxygen atoms in total. The second-order valence-electron chi connectivity index (χ2n) is 5.68. The molecule has 0 radical (unpaired) electrons. The quantitative estimate of drug-likeness (QED) is 0.674. The van der Waals surface area contributed by atoms with Crippen molar-refractivity contribution in [2.45, 2.75) is 44.2 Å². The van der Waals surface area contributed by atoms with Crippen LogP contribution in [0.3, 0.4) is 0 Å². The number of nitrogens with zero attached hydrogens (tertiary/aromatic N) is 1. The number of rotatable bonds is 7. The van der Waals surface area contributed by atoms with Crippen LogP contribution in [0.5, 0.6) is 0 Å². The summed E-state index contributed by atoms with van der Waals surface area (Å²) in [4.78, 5) is 14.3. The molecular formula is C13H24N2O2. The minimum absolute atomic E-state index is 0.165. The van der Waals surface area contributed by atoms with Gasteiger partial charge in [0.25, 0.3) is 0 Å². The van der Waals surface area contributed by atoms with Crippen LogP contribution in [0.1, 0.15) is 32.6 Å². The first-order chi connectivity index (χ1) is 8.09. The molecule has 2 rings (SSSR count). The standard InChI is InChI=1S/C13H24N2O2/c1-13(14-2,12(16)17-3)9-15(11-6-7-11)8-10-4-5-10/h10-11,14H,4-9H2,1-3H3. The van der Waals surface area contributed by atoms with E-state index in [1.165, 1.54) is 32.8 Å². The maximum atomic E-state index is 11.8. The molecule has 98 valence electrons. The van der Waals surface area contributed by atoms with Gasteiger partial charge in [-0.3, -0.25) is 9.69 Å². The van der Waals surface area contributed by atoms with Gasteiger partial charge in [0, 0.05) is 19.1 Å². The minimum atomic E-state index is -0.577. The number of esters is 1. The van der Waals surface area contributed by atoms with Crippen LogP contribution in [-0.4, -0.2) is 49.7 Å². The lowest BCUT2D eigenvalue weighted by molar-refractivity contribution is -0.148. The number of carbonyl (C=O) groups excluding carboxylic acids is 1. The largest absolute Gasteiger partial charge is 0.468 e. The molecule has 17 heavy (non-hydrogen) atoms. The van der Waals surface area contributed by atoms with Crippen molar-refractivity contribution in [1.29, 1.82) is 0 Å². The monoisotopic (exact) mass is 240 g/mol. The zero-order valence-electron chi connectivity index (χ0n) is 11.2. The van der Waals surface area contributed by atoms with E-state index in [4.69, 9.17) is 4.74 Å². The first kappa shape index (κ1) is 12.8. The molecule has 2 fully saturated rings. The fraction of sp³-hybridized carbons (Fsp3) is 0.923. The predicted molar refractivity (Wildman–Crippen MR) is 66.8 cm³/mol.